The molecule has 0 heterocycles. The van der Waals surface area contributed by atoms with Crippen molar-refractivity contribution in [2.75, 3.05) is 6.61 Å². The van der Waals surface area contributed by atoms with E-state index in [1.165, 1.54) is 0 Å². The van der Waals surface area contributed by atoms with Crippen molar-refractivity contribution in [3.8, 4) is 0 Å². The molecule has 0 unspecified atom stereocenters. The fraction of sp³-hybridized carbons (Fsp3) is 0.700. The van der Waals surface area contributed by atoms with Crippen LogP contribution in [-0.4, -0.2) is 41.1 Å². The molecule has 0 saturated heterocycles. The SMILES string of the molecule is CCOC(=O)C1(NC(=O)[C@@H](N)CC(=O)O)CC1. The van der Waals surface area contributed by atoms with Gasteiger partial charge < -0.3 is 20.9 Å². The Morgan fingerprint density at radius 3 is 2.47 bits per heavy atom. The zero-order chi connectivity index (χ0) is 13.1. The summed E-state index contributed by atoms with van der Waals surface area (Å²) in [5, 5.41) is 10.9. The number of rotatable bonds is 6. The van der Waals surface area contributed by atoms with E-state index >= 15 is 0 Å². The molecule has 1 aliphatic rings. The molecular formula is C10H16N2O5. The van der Waals surface area contributed by atoms with Gasteiger partial charge >= 0.3 is 11.9 Å². The van der Waals surface area contributed by atoms with Crippen LogP contribution in [0, 0.1) is 0 Å². The molecule has 0 spiro atoms. The molecule has 17 heavy (non-hydrogen) atoms. The molecule has 0 aromatic rings. The fourth-order valence-corrected chi connectivity index (χ4v) is 1.38. The molecule has 0 aromatic heterocycles. The van der Waals surface area contributed by atoms with Gasteiger partial charge in [-0.15, -0.1) is 0 Å². The van der Waals surface area contributed by atoms with E-state index in [0.717, 1.165) is 0 Å². The fourth-order valence-electron chi connectivity index (χ4n) is 1.38. The maximum atomic E-state index is 11.5. The van der Waals surface area contributed by atoms with Crippen molar-refractivity contribution < 1.29 is 24.2 Å². The van der Waals surface area contributed by atoms with Crippen LogP contribution < -0.4 is 11.1 Å². The zero-order valence-electron chi connectivity index (χ0n) is 9.56. The van der Waals surface area contributed by atoms with Gasteiger partial charge in [0.1, 0.15) is 5.54 Å². The molecule has 1 rings (SSSR count). The molecule has 0 aromatic carbocycles. The van der Waals surface area contributed by atoms with Gasteiger partial charge in [0, 0.05) is 0 Å². The Morgan fingerprint density at radius 2 is 2.06 bits per heavy atom. The summed E-state index contributed by atoms with van der Waals surface area (Å²) in [5.41, 5.74) is 4.40. The Hall–Kier alpha value is -1.63. The molecule has 0 bridgehead atoms. The quantitative estimate of drug-likeness (QED) is 0.516. The number of carboxylic acids is 1. The number of carboxylic acid groups (broad SMARTS) is 1. The van der Waals surface area contributed by atoms with Crippen LogP contribution in [0.5, 0.6) is 0 Å². The Labute approximate surface area is 98.3 Å². The number of amides is 1. The summed E-state index contributed by atoms with van der Waals surface area (Å²) in [6.45, 7) is 1.91. The van der Waals surface area contributed by atoms with E-state index in [1.807, 2.05) is 0 Å². The van der Waals surface area contributed by atoms with Crippen molar-refractivity contribution in [1.29, 1.82) is 0 Å². The van der Waals surface area contributed by atoms with E-state index in [1.54, 1.807) is 6.92 Å². The summed E-state index contributed by atoms with van der Waals surface area (Å²) < 4.78 is 4.82. The van der Waals surface area contributed by atoms with Gasteiger partial charge in [-0.2, -0.15) is 0 Å². The number of hydrogen-bond donors (Lipinski definition) is 3. The molecule has 0 aliphatic heterocycles. The predicted molar refractivity (Wildman–Crippen MR) is 57.0 cm³/mol. The van der Waals surface area contributed by atoms with Gasteiger partial charge in [0.2, 0.25) is 5.91 Å². The minimum atomic E-state index is -1.16. The van der Waals surface area contributed by atoms with Crippen LogP contribution in [0.2, 0.25) is 0 Å². The number of esters is 1. The maximum Gasteiger partial charge on any atom is 0.331 e. The van der Waals surface area contributed by atoms with Crippen molar-refractivity contribution in [3.63, 3.8) is 0 Å². The van der Waals surface area contributed by atoms with Crippen LogP contribution in [0.3, 0.4) is 0 Å². The van der Waals surface area contributed by atoms with E-state index in [9.17, 15) is 14.4 Å². The lowest BCUT2D eigenvalue weighted by molar-refractivity contribution is -0.149. The highest BCUT2D eigenvalue weighted by Crippen LogP contribution is 2.36. The highest BCUT2D eigenvalue weighted by Gasteiger charge is 2.53. The largest absolute Gasteiger partial charge is 0.481 e. The first-order chi connectivity index (χ1) is 7.91. The van der Waals surface area contributed by atoms with Crippen molar-refractivity contribution in [2.45, 2.75) is 37.8 Å². The molecule has 1 fully saturated rings. The highest BCUT2D eigenvalue weighted by molar-refractivity contribution is 5.93. The average molecular weight is 244 g/mol. The van der Waals surface area contributed by atoms with Gasteiger partial charge in [-0.25, -0.2) is 4.79 Å². The van der Waals surface area contributed by atoms with Gasteiger partial charge in [-0.1, -0.05) is 0 Å². The first-order valence-electron chi connectivity index (χ1n) is 5.38. The molecule has 1 atom stereocenters. The minimum Gasteiger partial charge on any atom is -0.481 e. The number of ether oxygens (including phenoxy) is 1. The summed E-state index contributed by atoms with van der Waals surface area (Å²) >= 11 is 0. The normalized spacial score (nSPS) is 18.0. The summed E-state index contributed by atoms with van der Waals surface area (Å²) in [5.74, 6) is -2.29. The van der Waals surface area contributed by atoms with E-state index < -0.39 is 35.8 Å². The third-order valence-electron chi connectivity index (χ3n) is 2.51. The van der Waals surface area contributed by atoms with Crippen LogP contribution in [0.25, 0.3) is 0 Å². The predicted octanol–water partition coefficient (Wildman–Crippen LogP) is -1.000. The lowest BCUT2D eigenvalue weighted by Gasteiger charge is -2.18. The first kappa shape index (κ1) is 13.4. The molecule has 1 aliphatic carbocycles. The topological polar surface area (TPSA) is 119 Å². The van der Waals surface area contributed by atoms with Crippen molar-refractivity contribution in [2.24, 2.45) is 5.73 Å². The Morgan fingerprint density at radius 1 is 1.47 bits per heavy atom. The van der Waals surface area contributed by atoms with Gasteiger partial charge in [-0.3, -0.25) is 9.59 Å². The molecule has 0 radical (unpaired) electrons. The Bertz CT molecular complexity index is 338. The van der Waals surface area contributed by atoms with Crippen molar-refractivity contribution >= 4 is 17.8 Å². The number of nitrogens with one attached hydrogen (secondary N) is 1. The van der Waals surface area contributed by atoms with Crippen LogP contribution >= 0.6 is 0 Å². The second-order valence-electron chi connectivity index (χ2n) is 4.00. The zero-order valence-corrected chi connectivity index (χ0v) is 9.56. The molecule has 7 nitrogen and oxygen atoms in total. The number of hydrogen-bond acceptors (Lipinski definition) is 5. The third-order valence-corrected chi connectivity index (χ3v) is 2.51. The minimum absolute atomic E-state index is 0.234. The molecule has 1 saturated carbocycles. The lowest BCUT2D eigenvalue weighted by Crippen LogP contribution is -2.51. The molecule has 1 amide bonds. The second-order valence-corrected chi connectivity index (χ2v) is 4.00. The number of carbonyl (C=O) groups excluding carboxylic acids is 2. The summed E-state index contributed by atoms with van der Waals surface area (Å²) in [4.78, 5) is 33.4. The number of nitrogens with two attached hydrogens (primary N) is 1. The highest BCUT2D eigenvalue weighted by atomic mass is 16.5. The lowest BCUT2D eigenvalue weighted by atomic mass is 10.2. The van der Waals surface area contributed by atoms with Gasteiger partial charge in [-0.05, 0) is 19.8 Å². The maximum absolute atomic E-state index is 11.5. The molecule has 96 valence electrons. The smallest absolute Gasteiger partial charge is 0.331 e. The first-order valence-corrected chi connectivity index (χ1v) is 5.38. The molecular weight excluding hydrogens is 228 g/mol. The van der Waals surface area contributed by atoms with Crippen LogP contribution in [-0.2, 0) is 19.1 Å². The average Bonchev–Trinajstić information content (AvgIpc) is 2.98. The van der Waals surface area contributed by atoms with Gasteiger partial charge in [0.15, 0.2) is 0 Å². The van der Waals surface area contributed by atoms with Crippen LogP contribution in [0.4, 0.5) is 0 Å². The monoisotopic (exact) mass is 244 g/mol. The van der Waals surface area contributed by atoms with Crippen LogP contribution in [0.1, 0.15) is 26.2 Å². The molecule has 7 heteroatoms. The third kappa shape index (κ3) is 3.42. The van der Waals surface area contributed by atoms with Gasteiger partial charge in [0.25, 0.3) is 0 Å². The van der Waals surface area contributed by atoms with Crippen molar-refractivity contribution in [3.05, 3.63) is 0 Å². The van der Waals surface area contributed by atoms with Crippen molar-refractivity contribution in [1.82, 2.24) is 5.32 Å². The van der Waals surface area contributed by atoms with E-state index in [2.05, 4.69) is 5.32 Å². The Kier molecular flexibility index (Phi) is 4.06. The Balaban J connectivity index is 2.51. The van der Waals surface area contributed by atoms with E-state index in [-0.39, 0.29) is 6.61 Å². The van der Waals surface area contributed by atoms with Crippen LogP contribution in [0.15, 0.2) is 0 Å². The number of carbonyl (C=O) groups is 3. The summed E-state index contributed by atoms with van der Waals surface area (Å²) in [6.07, 6.45) is 0.527. The number of aliphatic carboxylic acids is 1. The standard InChI is InChI=1S/C10H16N2O5/c1-2-17-9(16)10(3-4-10)12-8(15)6(11)5-7(13)14/h6H,2-5,11H2,1H3,(H,12,15)(H,13,14)/t6-/m0/s1. The van der Waals surface area contributed by atoms with E-state index in [4.69, 9.17) is 15.6 Å². The molecule has 4 N–H and O–H groups in total. The second kappa shape index (κ2) is 5.13. The van der Waals surface area contributed by atoms with E-state index in [0.29, 0.717) is 12.8 Å². The summed E-state index contributed by atoms with van der Waals surface area (Å²) in [7, 11) is 0. The van der Waals surface area contributed by atoms with Gasteiger partial charge in [0.05, 0.1) is 19.1 Å². The summed E-state index contributed by atoms with van der Waals surface area (Å²) in [6, 6.07) is -1.15.